The first kappa shape index (κ1) is 21.8. The maximum atomic E-state index is 13.7. The summed E-state index contributed by atoms with van der Waals surface area (Å²) >= 11 is 0.818. The lowest BCUT2D eigenvalue weighted by molar-refractivity contribution is 0.211. The van der Waals surface area contributed by atoms with Crippen LogP contribution in [0.25, 0.3) is 10.3 Å². The van der Waals surface area contributed by atoms with Crippen LogP contribution in [-0.2, 0) is 10.0 Å². The van der Waals surface area contributed by atoms with E-state index in [-0.39, 0.29) is 16.3 Å². The molecule has 4 rings (SSSR count). The number of anilines is 1. The van der Waals surface area contributed by atoms with Gasteiger partial charge in [-0.3, -0.25) is 0 Å². The summed E-state index contributed by atoms with van der Waals surface area (Å²) in [5, 5.41) is 0. The summed E-state index contributed by atoms with van der Waals surface area (Å²) < 4.78 is 38.9. The van der Waals surface area contributed by atoms with E-state index in [9.17, 15) is 18.0 Å². The summed E-state index contributed by atoms with van der Waals surface area (Å²) in [5.74, 6) is 0.198. The number of fused-ring (bicyclic) bond motifs is 1. The highest BCUT2D eigenvalue weighted by molar-refractivity contribution is 7.93. The van der Waals surface area contributed by atoms with E-state index in [1.807, 2.05) is 6.92 Å². The fourth-order valence-corrected chi connectivity index (χ4v) is 5.58. The first-order valence-corrected chi connectivity index (χ1v) is 11.9. The van der Waals surface area contributed by atoms with Gasteiger partial charge < -0.3 is 9.15 Å². The molecule has 0 atom stereocenters. The molecule has 0 bridgehead atoms. The van der Waals surface area contributed by atoms with Gasteiger partial charge in [0.15, 0.2) is 0 Å². The van der Waals surface area contributed by atoms with Gasteiger partial charge in [0.05, 0.1) is 15.3 Å². The number of para-hydroxylation sites is 1. The number of hydrogen-bond donors (Lipinski definition) is 0. The third-order valence-corrected chi connectivity index (χ3v) is 7.60. The van der Waals surface area contributed by atoms with Crippen molar-refractivity contribution >= 4 is 43.4 Å². The van der Waals surface area contributed by atoms with Gasteiger partial charge in [-0.2, -0.15) is 4.31 Å². The quantitative estimate of drug-likeness (QED) is 0.409. The lowest BCUT2D eigenvalue weighted by Gasteiger charge is -2.23. The maximum Gasteiger partial charge on any atom is 0.434 e. The van der Waals surface area contributed by atoms with Crippen molar-refractivity contribution in [2.75, 3.05) is 4.31 Å². The van der Waals surface area contributed by atoms with Crippen LogP contribution >= 0.6 is 11.3 Å². The molecule has 32 heavy (non-hydrogen) atoms. The van der Waals surface area contributed by atoms with Gasteiger partial charge in [0.25, 0.3) is 10.0 Å². The SMILES string of the molecule is Cc1cc(C)c(S(=O)(=O)N(C(=O)Oc2ccccc2)c2ccc3oc(=O)sc3c2)cc1C. The van der Waals surface area contributed by atoms with Gasteiger partial charge in [0, 0.05) is 0 Å². The number of nitrogens with zero attached hydrogens (tertiary/aromatic N) is 1. The summed E-state index contributed by atoms with van der Waals surface area (Å²) in [6.45, 7) is 5.36. The van der Waals surface area contributed by atoms with Gasteiger partial charge in [-0.1, -0.05) is 35.6 Å². The molecule has 0 unspecified atom stereocenters. The molecule has 1 amide bonds. The molecule has 1 aromatic heterocycles. The Bertz CT molecular complexity index is 1490. The molecule has 164 valence electrons. The van der Waals surface area contributed by atoms with E-state index in [4.69, 9.17) is 9.15 Å². The molecule has 0 aliphatic carbocycles. The topological polar surface area (TPSA) is 93.9 Å². The van der Waals surface area contributed by atoms with Crippen LogP contribution in [0.4, 0.5) is 10.5 Å². The largest absolute Gasteiger partial charge is 0.434 e. The van der Waals surface area contributed by atoms with Crippen LogP contribution in [0.1, 0.15) is 16.7 Å². The molecule has 0 aliphatic heterocycles. The average molecular weight is 470 g/mol. The van der Waals surface area contributed by atoms with Crippen LogP contribution in [0.5, 0.6) is 5.75 Å². The average Bonchev–Trinajstić information content (AvgIpc) is 3.10. The Kier molecular flexibility index (Phi) is 5.62. The van der Waals surface area contributed by atoms with Crippen LogP contribution < -0.4 is 14.0 Å². The molecule has 7 nitrogen and oxygen atoms in total. The fraction of sp³-hybridized carbons (Fsp3) is 0.130. The number of hydrogen-bond acceptors (Lipinski definition) is 7. The minimum Gasteiger partial charge on any atom is -0.414 e. The number of sulfonamides is 1. The number of amides is 1. The number of rotatable bonds is 4. The molecule has 0 spiro atoms. The van der Waals surface area contributed by atoms with E-state index in [0.717, 1.165) is 22.5 Å². The Morgan fingerprint density at radius 3 is 2.34 bits per heavy atom. The molecular formula is C23H19NO6S2. The predicted molar refractivity (Wildman–Crippen MR) is 123 cm³/mol. The second-order valence-electron chi connectivity index (χ2n) is 7.24. The Labute approximate surface area is 188 Å². The highest BCUT2D eigenvalue weighted by Crippen LogP contribution is 2.31. The summed E-state index contributed by atoms with van der Waals surface area (Å²) in [6, 6.07) is 15.8. The zero-order valence-corrected chi connectivity index (χ0v) is 19.1. The molecule has 0 N–H and O–H groups in total. The molecular weight excluding hydrogens is 450 g/mol. The van der Waals surface area contributed by atoms with E-state index in [2.05, 4.69) is 0 Å². The van der Waals surface area contributed by atoms with Crippen molar-refractivity contribution in [1.82, 2.24) is 0 Å². The number of ether oxygens (including phenoxy) is 1. The molecule has 0 saturated carbocycles. The number of carbonyl (C=O) groups is 1. The van der Waals surface area contributed by atoms with E-state index in [1.54, 1.807) is 50.2 Å². The molecule has 0 fully saturated rings. The lowest BCUT2D eigenvalue weighted by atomic mass is 10.1. The smallest absolute Gasteiger partial charge is 0.414 e. The summed E-state index contributed by atoms with van der Waals surface area (Å²) in [4.78, 5) is 24.3. The first-order chi connectivity index (χ1) is 15.2. The van der Waals surface area contributed by atoms with Crippen molar-refractivity contribution < 1.29 is 22.4 Å². The van der Waals surface area contributed by atoms with E-state index < -0.39 is 21.1 Å². The Morgan fingerprint density at radius 2 is 1.62 bits per heavy atom. The maximum absolute atomic E-state index is 13.7. The minimum atomic E-state index is -4.35. The van der Waals surface area contributed by atoms with E-state index >= 15 is 0 Å². The minimum absolute atomic E-state index is 0.00825. The Morgan fingerprint density at radius 1 is 0.938 bits per heavy atom. The van der Waals surface area contributed by atoms with Crippen molar-refractivity contribution in [3.8, 4) is 5.75 Å². The normalized spacial score (nSPS) is 11.5. The summed E-state index contributed by atoms with van der Waals surface area (Å²) in [6.07, 6.45) is -1.09. The molecule has 1 heterocycles. The zero-order chi connectivity index (χ0) is 23.0. The van der Waals surface area contributed by atoms with Crippen LogP contribution in [0.3, 0.4) is 0 Å². The Balaban J connectivity index is 1.88. The van der Waals surface area contributed by atoms with Gasteiger partial charge >= 0.3 is 11.0 Å². The highest BCUT2D eigenvalue weighted by Gasteiger charge is 2.34. The summed E-state index contributed by atoms with van der Waals surface area (Å²) in [7, 11) is -4.35. The van der Waals surface area contributed by atoms with Gasteiger partial charge in [-0.25, -0.2) is 18.0 Å². The number of carbonyl (C=O) groups excluding carboxylic acids is 1. The third-order valence-electron chi connectivity index (χ3n) is 4.97. The van der Waals surface area contributed by atoms with Crippen LogP contribution in [-0.4, -0.2) is 14.5 Å². The summed E-state index contributed by atoms with van der Waals surface area (Å²) in [5.41, 5.74) is 2.55. The third kappa shape index (κ3) is 4.04. The van der Waals surface area contributed by atoms with Crippen molar-refractivity contribution in [1.29, 1.82) is 0 Å². The second kappa shape index (κ2) is 8.25. The van der Waals surface area contributed by atoms with Crippen LogP contribution in [0.15, 0.2) is 74.8 Å². The second-order valence-corrected chi connectivity index (χ2v) is 9.97. The predicted octanol–water partition coefficient (Wildman–Crippen LogP) is 5.17. The van der Waals surface area contributed by atoms with Gasteiger partial charge in [0.2, 0.25) is 0 Å². The fourth-order valence-electron chi connectivity index (χ4n) is 3.27. The number of aryl methyl sites for hydroxylation is 3. The first-order valence-electron chi connectivity index (χ1n) is 9.60. The van der Waals surface area contributed by atoms with Gasteiger partial charge in [-0.05, 0) is 73.9 Å². The van der Waals surface area contributed by atoms with Gasteiger partial charge in [0.1, 0.15) is 11.3 Å². The zero-order valence-electron chi connectivity index (χ0n) is 17.5. The van der Waals surface area contributed by atoms with E-state index in [1.165, 1.54) is 24.3 Å². The van der Waals surface area contributed by atoms with Crippen molar-refractivity contribution in [3.05, 3.63) is 87.1 Å². The highest BCUT2D eigenvalue weighted by atomic mass is 32.2. The molecule has 0 radical (unpaired) electrons. The van der Waals surface area contributed by atoms with Crippen LogP contribution in [0.2, 0.25) is 0 Å². The van der Waals surface area contributed by atoms with Crippen molar-refractivity contribution in [3.63, 3.8) is 0 Å². The standard InChI is InChI=1S/C23H19NO6S2/c1-14-11-16(3)21(12-15(14)2)32(27,28)24(22(25)29-18-7-5-4-6-8-18)17-9-10-19-20(13-17)31-23(26)30-19/h4-13H,1-3H3. The molecule has 4 aromatic rings. The molecule has 0 aliphatic rings. The van der Waals surface area contributed by atoms with Gasteiger partial charge in [-0.15, -0.1) is 0 Å². The monoisotopic (exact) mass is 469 g/mol. The molecule has 9 heteroatoms. The van der Waals surface area contributed by atoms with Crippen molar-refractivity contribution in [2.24, 2.45) is 0 Å². The Hall–Kier alpha value is -3.43. The lowest BCUT2D eigenvalue weighted by Crippen LogP contribution is -2.39. The number of benzene rings is 3. The van der Waals surface area contributed by atoms with Crippen LogP contribution in [0, 0.1) is 20.8 Å². The molecule has 3 aromatic carbocycles. The molecule has 0 saturated heterocycles. The van der Waals surface area contributed by atoms with E-state index in [0.29, 0.717) is 20.2 Å². The van der Waals surface area contributed by atoms with Crippen molar-refractivity contribution in [2.45, 2.75) is 25.7 Å².